The van der Waals surface area contributed by atoms with E-state index in [-0.39, 0.29) is 6.61 Å². The van der Waals surface area contributed by atoms with Crippen LogP contribution in [-0.2, 0) is 4.74 Å². The third kappa shape index (κ3) is 3.88. The van der Waals surface area contributed by atoms with E-state index >= 15 is 0 Å². The summed E-state index contributed by atoms with van der Waals surface area (Å²) in [5.74, 6) is -0.443. The summed E-state index contributed by atoms with van der Waals surface area (Å²) in [5.41, 5.74) is 13.5. The largest absolute Gasteiger partial charge is 0.458 e. The molecule has 0 aliphatic rings. The monoisotopic (exact) mass is 268 g/mol. The molecule has 2 aromatic rings. The van der Waals surface area contributed by atoms with Crippen LogP contribution in [0.15, 0.2) is 54.6 Å². The first-order chi connectivity index (χ1) is 9.65. The fraction of sp³-hybridized carbons (Fsp3) is 0.0625. The van der Waals surface area contributed by atoms with Gasteiger partial charge in [-0.3, -0.25) is 0 Å². The molecule has 0 saturated heterocycles. The van der Waals surface area contributed by atoms with Gasteiger partial charge in [0.15, 0.2) is 0 Å². The first-order valence-electron chi connectivity index (χ1n) is 6.20. The summed E-state index contributed by atoms with van der Waals surface area (Å²) in [7, 11) is 0. The van der Waals surface area contributed by atoms with E-state index in [2.05, 4.69) is 0 Å². The Labute approximate surface area is 117 Å². The molecule has 0 amide bonds. The summed E-state index contributed by atoms with van der Waals surface area (Å²) in [6.45, 7) is 0.197. The maximum atomic E-state index is 11.8. The van der Waals surface area contributed by atoms with E-state index in [0.29, 0.717) is 16.9 Å². The van der Waals surface area contributed by atoms with Crippen molar-refractivity contribution in [1.82, 2.24) is 0 Å². The first kappa shape index (κ1) is 13.7. The van der Waals surface area contributed by atoms with Crippen LogP contribution < -0.4 is 11.5 Å². The van der Waals surface area contributed by atoms with Crippen LogP contribution in [0.1, 0.15) is 15.9 Å². The van der Waals surface area contributed by atoms with Crippen LogP contribution in [0.3, 0.4) is 0 Å². The Balaban J connectivity index is 1.91. The smallest absolute Gasteiger partial charge is 0.338 e. The van der Waals surface area contributed by atoms with Gasteiger partial charge in [0.25, 0.3) is 0 Å². The summed E-state index contributed by atoms with van der Waals surface area (Å²) in [6, 6.07) is 14.4. The van der Waals surface area contributed by atoms with Crippen molar-refractivity contribution in [3.8, 4) is 0 Å². The number of rotatable bonds is 4. The molecular weight excluding hydrogens is 252 g/mol. The molecule has 2 aromatic carbocycles. The van der Waals surface area contributed by atoms with E-state index in [4.69, 9.17) is 16.2 Å². The number of carbonyl (C=O) groups is 1. The highest BCUT2D eigenvalue weighted by Crippen LogP contribution is 2.14. The van der Waals surface area contributed by atoms with E-state index in [0.717, 1.165) is 5.56 Å². The summed E-state index contributed by atoms with van der Waals surface area (Å²) in [6.07, 6.45) is 3.67. The molecule has 0 bridgehead atoms. The second kappa shape index (κ2) is 6.43. The molecule has 102 valence electrons. The average Bonchev–Trinajstić information content (AvgIpc) is 2.43. The van der Waals surface area contributed by atoms with E-state index in [9.17, 15) is 4.79 Å². The lowest BCUT2D eigenvalue weighted by molar-refractivity contribution is 0.0550. The highest BCUT2D eigenvalue weighted by molar-refractivity contribution is 5.91. The predicted octanol–water partition coefficient (Wildman–Crippen LogP) is 2.72. The Hall–Kier alpha value is -2.75. The van der Waals surface area contributed by atoms with Gasteiger partial charge in [0.05, 0.1) is 5.56 Å². The highest BCUT2D eigenvalue weighted by atomic mass is 16.5. The Morgan fingerprint density at radius 1 is 1.05 bits per heavy atom. The number of benzene rings is 2. The molecule has 0 aliphatic carbocycles. The third-order valence-corrected chi connectivity index (χ3v) is 2.63. The molecule has 4 heteroatoms. The summed E-state index contributed by atoms with van der Waals surface area (Å²) in [4.78, 5) is 11.8. The van der Waals surface area contributed by atoms with Crippen molar-refractivity contribution >= 4 is 23.4 Å². The van der Waals surface area contributed by atoms with Crippen molar-refractivity contribution in [3.05, 3.63) is 65.7 Å². The molecule has 0 radical (unpaired) electrons. The Morgan fingerprint density at radius 2 is 1.70 bits per heavy atom. The number of hydrogen-bond donors (Lipinski definition) is 2. The van der Waals surface area contributed by atoms with Crippen LogP contribution in [-0.4, -0.2) is 12.6 Å². The van der Waals surface area contributed by atoms with Crippen LogP contribution in [0.4, 0.5) is 11.4 Å². The van der Waals surface area contributed by atoms with Crippen molar-refractivity contribution in [2.75, 3.05) is 18.1 Å². The molecule has 4 N–H and O–H groups in total. The van der Waals surface area contributed by atoms with Crippen LogP contribution in [0.25, 0.3) is 6.08 Å². The van der Waals surface area contributed by atoms with Crippen LogP contribution in [0.5, 0.6) is 0 Å². The van der Waals surface area contributed by atoms with Crippen molar-refractivity contribution in [3.63, 3.8) is 0 Å². The topological polar surface area (TPSA) is 78.3 Å². The Morgan fingerprint density at radius 3 is 2.35 bits per heavy atom. The lowest BCUT2D eigenvalue weighted by Gasteiger charge is -2.04. The number of anilines is 2. The molecule has 0 atom stereocenters. The molecule has 20 heavy (non-hydrogen) atoms. The normalized spacial score (nSPS) is 10.6. The zero-order chi connectivity index (χ0) is 14.4. The van der Waals surface area contributed by atoms with Gasteiger partial charge >= 0.3 is 5.97 Å². The number of ether oxygens (including phenoxy) is 1. The minimum atomic E-state index is -0.443. The molecule has 4 nitrogen and oxygen atoms in total. The van der Waals surface area contributed by atoms with E-state index in [1.807, 2.05) is 36.4 Å². The van der Waals surface area contributed by atoms with Gasteiger partial charge in [-0.2, -0.15) is 0 Å². The maximum absolute atomic E-state index is 11.8. The second-order valence-corrected chi connectivity index (χ2v) is 4.30. The molecule has 0 fully saturated rings. The van der Waals surface area contributed by atoms with Crippen LogP contribution in [0, 0.1) is 0 Å². The van der Waals surface area contributed by atoms with Gasteiger partial charge in [-0.25, -0.2) is 4.79 Å². The zero-order valence-electron chi connectivity index (χ0n) is 11.0. The van der Waals surface area contributed by atoms with Gasteiger partial charge in [0.2, 0.25) is 0 Å². The summed E-state index contributed by atoms with van der Waals surface area (Å²) < 4.78 is 5.12. The van der Waals surface area contributed by atoms with Crippen molar-refractivity contribution in [1.29, 1.82) is 0 Å². The van der Waals surface area contributed by atoms with Gasteiger partial charge < -0.3 is 16.2 Å². The van der Waals surface area contributed by atoms with E-state index in [1.165, 1.54) is 0 Å². The van der Waals surface area contributed by atoms with Gasteiger partial charge in [-0.05, 0) is 29.8 Å². The Bertz CT molecular complexity index is 601. The maximum Gasteiger partial charge on any atom is 0.338 e. The Kier molecular flexibility index (Phi) is 4.39. The number of nitrogens with two attached hydrogens (primary N) is 2. The molecular formula is C16H16N2O2. The second-order valence-electron chi connectivity index (χ2n) is 4.30. The fourth-order valence-electron chi connectivity index (χ4n) is 1.75. The highest BCUT2D eigenvalue weighted by Gasteiger charge is 2.07. The van der Waals surface area contributed by atoms with E-state index < -0.39 is 5.97 Å². The molecule has 0 unspecified atom stereocenters. The minimum absolute atomic E-state index is 0.197. The predicted molar refractivity (Wildman–Crippen MR) is 81.0 cm³/mol. The van der Waals surface area contributed by atoms with E-state index in [1.54, 1.807) is 24.3 Å². The van der Waals surface area contributed by atoms with Crippen LogP contribution >= 0.6 is 0 Å². The lowest BCUT2D eigenvalue weighted by atomic mass is 10.2. The van der Waals surface area contributed by atoms with Gasteiger partial charge in [-0.15, -0.1) is 0 Å². The average molecular weight is 268 g/mol. The molecule has 0 spiro atoms. The minimum Gasteiger partial charge on any atom is -0.458 e. The summed E-state index contributed by atoms with van der Waals surface area (Å²) >= 11 is 0. The molecule has 0 heterocycles. The molecule has 0 aromatic heterocycles. The number of nitrogen functional groups attached to an aromatic ring is 2. The third-order valence-electron chi connectivity index (χ3n) is 2.63. The van der Waals surface area contributed by atoms with Crippen LogP contribution in [0.2, 0.25) is 0 Å². The van der Waals surface area contributed by atoms with Crippen molar-refractivity contribution in [2.45, 2.75) is 0 Å². The quantitative estimate of drug-likeness (QED) is 0.660. The molecule has 0 aliphatic heterocycles. The van der Waals surface area contributed by atoms with Gasteiger partial charge in [0.1, 0.15) is 6.61 Å². The number of carbonyl (C=O) groups excluding carboxylic acids is 1. The van der Waals surface area contributed by atoms with Gasteiger partial charge in [-0.1, -0.05) is 36.4 Å². The zero-order valence-corrected chi connectivity index (χ0v) is 11.0. The van der Waals surface area contributed by atoms with Gasteiger partial charge in [0, 0.05) is 11.4 Å². The molecule has 0 saturated carbocycles. The number of hydrogen-bond acceptors (Lipinski definition) is 4. The fourth-order valence-corrected chi connectivity index (χ4v) is 1.75. The standard InChI is InChI=1S/C16H16N2O2/c17-14-9-13(10-15(18)11-14)16(19)20-8-4-7-12-5-2-1-3-6-12/h1-7,9-11H,8,17-18H2. The number of esters is 1. The first-order valence-corrected chi connectivity index (χ1v) is 6.20. The lowest BCUT2D eigenvalue weighted by Crippen LogP contribution is -2.06. The summed E-state index contributed by atoms with van der Waals surface area (Å²) in [5, 5.41) is 0. The van der Waals surface area contributed by atoms with Crippen molar-refractivity contribution in [2.24, 2.45) is 0 Å². The SMILES string of the molecule is Nc1cc(N)cc(C(=O)OCC=Cc2ccccc2)c1. The molecule has 2 rings (SSSR count). The van der Waals surface area contributed by atoms with Crippen molar-refractivity contribution < 1.29 is 9.53 Å².